The van der Waals surface area contributed by atoms with Gasteiger partial charge in [-0.1, -0.05) is 18.2 Å². The van der Waals surface area contributed by atoms with Crippen molar-refractivity contribution in [3.8, 4) is 23.0 Å². The van der Waals surface area contributed by atoms with Crippen molar-refractivity contribution in [2.24, 2.45) is 0 Å². The molecule has 0 spiro atoms. The first-order valence-electron chi connectivity index (χ1n) is 10.1. The van der Waals surface area contributed by atoms with E-state index in [4.69, 9.17) is 18.9 Å². The molecule has 2 aromatic carbocycles. The number of nitrogens with zero attached hydrogens (tertiary/aromatic N) is 2. The van der Waals surface area contributed by atoms with E-state index in [0.29, 0.717) is 18.1 Å². The van der Waals surface area contributed by atoms with Gasteiger partial charge in [0.15, 0.2) is 11.5 Å². The van der Waals surface area contributed by atoms with Crippen LogP contribution in [0.15, 0.2) is 36.4 Å². The molecule has 0 unspecified atom stereocenters. The van der Waals surface area contributed by atoms with Gasteiger partial charge in [0.05, 0.1) is 21.3 Å². The second-order valence-electron chi connectivity index (χ2n) is 7.28. The zero-order valence-corrected chi connectivity index (χ0v) is 17.9. The van der Waals surface area contributed by atoms with Gasteiger partial charge in [0.1, 0.15) is 12.4 Å². The van der Waals surface area contributed by atoms with E-state index >= 15 is 0 Å². The number of methoxy groups -OCH3 is 3. The predicted octanol–water partition coefficient (Wildman–Crippen LogP) is 3.22. The number of ether oxygens (including phenoxy) is 4. The van der Waals surface area contributed by atoms with Crippen molar-refractivity contribution >= 4 is 0 Å². The lowest BCUT2D eigenvalue weighted by atomic mass is 10.1. The van der Waals surface area contributed by atoms with Crippen LogP contribution >= 0.6 is 0 Å². The van der Waals surface area contributed by atoms with E-state index in [9.17, 15) is 0 Å². The van der Waals surface area contributed by atoms with Crippen LogP contribution in [0.5, 0.6) is 23.0 Å². The molecule has 0 radical (unpaired) electrons. The van der Waals surface area contributed by atoms with Gasteiger partial charge in [0.2, 0.25) is 5.75 Å². The fourth-order valence-corrected chi connectivity index (χ4v) is 3.70. The summed E-state index contributed by atoms with van der Waals surface area (Å²) in [5, 5.41) is 0. The molecule has 6 heteroatoms. The molecule has 0 N–H and O–H groups in total. The number of aryl methyl sites for hydroxylation is 1. The van der Waals surface area contributed by atoms with Gasteiger partial charge in [-0.3, -0.25) is 9.80 Å². The SMILES string of the molecule is COc1ccc(CN2CCN(CCOc3cccc(C)c3)CC2)c(OC)c1OC. The number of benzene rings is 2. The largest absolute Gasteiger partial charge is 0.493 e. The summed E-state index contributed by atoms with van der Waals surface area (Å²) < 4.78 is 22.4. The van der Waals surface area contributed by atoms with Crippen molar-refractivity contribution in [2.75, 3.05) is 60.7 Å². The molecule has 1 heterocycles. The van der Waals surface area contributed by atoms with Crippen molar-refractivity contribution < 1.29 is 18.9 Å². The lowest BCUT2D eigenvalue weighted by molar-refractivity contribution is 0.112. The van der Waals surface area contributed by atoms with E-state index in [1.165, 1.54) is 5.56 Å². The summed E-state index contributed by atoms with van der Waals surface area (Å²) >= 11 is 0. The van der Waals surface area contributed by atoms with Crippen LogP contribution < -0.4 is 18.9 Å². The minimum Gasteiger partial charge on any atom is -0.493 e. The van der Waals surface area contributed by atoms with Crippen LogP contribution in [0.3, 0.4) is 0 Å². The van der Waals surface area contributed by atoms with E-state index in [1.54, 1.807) is 21.3 Å². The molecule has 158 valence electrons. The number of hydrogen-bond donors (Lipinski definition) is 0. The molecule has 1 saturated heterocycles. The van der Waals surface area contributed by atoms with E-state index in [0.717, 1.165) is 56.3 Å². The third-order valence-electron chi connectivity index (χ3n) is 5.31. The molecule has 3 rings (SSSR count). The molecule has 29 heavy (non-hydrogen) atoms. The number of hydrogen-bond acceptors (Lipinski definition) is 6. The second-order valence-corrected chi connectivity index (χ2v) is 7.28. The minimum atomic E-state index is 0.652. The Morgan fingerprint density at radius 1 is 0.828 bits per heavy atom. The molecule has 6 nitrogen and oxygen atoms in total. The molecule has 2 aromatic rings. The third kappa shape index (κ3) is 5.55. The molecular formula is C23H32N2O4. The number of rotatable bonds is 9. The Morgan fingerprint density at radius 3 is 2.21 bits per heavy atom. The first kappa shape index (κ1) is 21.3. The highest BCUT2D eigenvalue weighted by Gasteiger charge is 2.21. The maximum absolute atomic E-state index is 5.89. The molecule has 1 fully saturated rings. The van der Waals surface area contributed by atoms with Gasteiger partial charge in [0, 0.05) is 44.8 Å². The van der Waals surface area contributed by atoms with E-state index < -0.39 is 0 Å². The quantitative estimate of drug-likeness (QED) is 0.644. The summed E-state index contributed by atoms with van der Waals surface area (Å²) in [4.78, 5) is 4.90. The van der Waals surface area contributed by atoms with E-state index in [2.05, 4.69) is 34.9 Å². The van der Waals surface area contributed by atoms with Gasteiger partial charge in [-0.2, -0.15) is 0 Å². The average molecular weight is 401 g/mol. The molecule has 1 aliphatic rings. The lowest BCUT2D eigenvalue weighted by Gasteiger charge is -2.35. The zero-order chi connectivity index (χ0) is 20.6. The molecule has 0 saturated carbocycles. The minimum absolute atomic E-state index is 0.652. The summed E-state index contributed by atoms with van der Waals surface area (Å²) in [7, 11) is 4.95. The fraction of sp³-hybridized carbons (Fsp3) is 0.478. The van der Waals surface area contributed by atoms with Crippen molar-refractivity contribution in [1.29, 1.82) is 0 Å². The Balaban J connectivity index is 1.48. The Kier molecular flexibility index (Phi) is 7.61. The van der Waals surface area contributed by atoms with Crippen molar-refractivity contribution in [3.63, 3.8) is 0 Å². The van der Waals surface area contributed by atoms with Gasteiger partial charge in [-0.15, -0.1) is 0 Å². The van der Waals surface area contributed by atoms with Crippen molar-refractivity contribution in [2.45, 2.75) is 13.5 Å². The first-order chi connectivity index (χ1) is 14.1. The van der Waals surface area contributed by atoms with Gasteiger partial charge in [-0.05, 0) is 30.7 Å². The normalized spacial score (nSPS) is 15.2. The summed E-state index contributed by atoms with van der Waals surface area (Å²) in [5.41, 5.74) is 2.34. The van der Waals surface area contributed by atoms with Crippen LogP contribution in [0, 0.1) is 6.92 Å². The number of piperazine rings is 1. The van der Waals surface area contributed by atoms with Crippen LogP contribution in [0.1, 0.15) is 11.1 Å². The standard InChI is InChI=1S/C23H32N2O4/c1-18-6-5-7-20(16-18)29-15-14-24-10-12-25(13-11-24)17-19-8-9-21(26-2)23(28-4)22(19)27-3/h5-9,16H,10-15,17H2,1-4H3. The van der Waals surface area contributed by atoms with E-state index in [-0.39, 0.29) is 0 Å². The van der Waals surface area contributed by atoms with Crippen LogP contribution in [-0.2, 0) is 6.54 Å². The van der Waals surface area contributed by atoms with Crippen LogP contribution in [0.25, 0.3) is 0 Å². The maximum Gasteiger partial charge on any atom is 0.203 e. The topological polar surface area (TPSA) is 43.4 Å². The summed E-state index contributed by atoms with van der Waals surface area (Å²) in [5.74, 6) is 3.04. The highest BCUT2D eigenvalue weighted by Crippen LogP contribution is 2.40. The Bertz CT molecular complexity index is 788. The molecule has 1 aliphatic heterocycles. The summed E-state index contributed by atoms with van der Waals surface area (Å²) in [6.45, 7) is 8.68. The molecule has 0 bridgehead atoms. The second kappa shape index (κ2) is 10.4. The molecule has 0 amide bonds. The van der Waals surface area contributed by atoms with Crippen LogP contribution in [-0.4, -0.2) is 70.5 Å². The summed E-state index contributed by atoms with van der Waals surface area (Å²) in [6, 6.07) is 12.2. The zero-order valence-electron chi connectivity index (χ0n) is 17.9. The molecule has 0 aromatic heterocycles. The molecular weight excluding hydrogens is 368 g/mol. The Hall–Kier alpha value is -2.44. The van der Waals surface area contributed by atoms with Gasteiger partial charge >= 0.3 is 0 Å². The lowest BCUT2D eigenvalue weighted by Crippen LogP contribution is -2.47. The fourth-order valence-electron chi connectivity index (χ4n) is 3.70. The van der Waals surface area contributed by atoms with E-state index in [1.807, 2.05) is 18.2 Å². The highest BCUT2D eigenvalue weighted by molar-refractivity contribution is 5.55. The Labute approximate surface area is 173 Å². The van der Waals surface area contributed by atoms with Crippen molar-refractivity contribution in [1.82, 2.24) is 9.80 Å². The van der Waals surface area contributed by atoms with Gasteiger partial charge in [-0.25, -0.2) is 0 Å². The molecule has 0 atom stereocenters. The summed E-state index contributed by atoms with van der Waals surface area (Å²) in [6.07, 6.45) is 0. The van der Waals surface area contributed by atoms with Gasteiger partial charge < -0.3 is 18.9 Å². The molecule has 0 aliphatic carbocycles. The monoisotopic (exact) mass is 400 g/mol. The highest BCUT2D eigenvalue weighted by atomic mass is 16.5. The average Bonchev–Trinajstić information content (AvgIpc) is 2.74. The smallest absolute Gasteiger partial charge is 0.203 e. The third-order valence-corrected chi connectivity index (χ3v) is 5.31. The van der Waals surface area contributed by atoms with Crippen LogP contribution in [0.4, 0.5) is 0 Å². The van der Waals surface area contributed by atoms with Crippen LogP contribution in [0.2, 0.25) is 0 Å². The van der Waals surface area contributed by atoms with Crippen molar-refractivity contribution in [3.05, 3.63) is 47.5 Å². The predicted molar refractivity (Wildman–Crippen MR) is 114 cm³/mol. The van der Waals surface area contributed by atoms with Gasteiger partial charge in [0.25, 0.3) is 0 Å². The maximum atomic E-state index is 5.89. The Morgan fingerprint density at radius 2 is 1.55 bits per heavy atom. The first-order valence-corrected chi connectivity index (χ1v) is 10.1.